The molecule has 0 bridgehead atoms. The van der Waals surface area contributed by atoms with E-state index >= 15 is 0 Å². The molecule has 3 amide bonds. The van der Waals surface area contributed by atoms with E-state index in [2.05, 4.69) is 5.32 Å². The van der Waals surface area contributed by atoms with Gasteiger partial charge >= 0.3 is 5.97 Å². The Bertz CT molecular complexity index is 1270. The van der Waals surface area contributed by atoms with E-state index in [0.717, 1.165) is 4.90 Å². The van der Waals surface area contributed by atoms with Crippen LogP contribution >= 0.6 is 0 Å². The van der Waals surface area contributed by atoms with Crippen LogP contribution in [-0.2, 0) is 9.59 Å². The number of carbonyl (C=O) groups excluding carboxylic acids is 4. The molecule has 0 saturated heterocycles. The molecular weight excluding hydrogens is 412 g/mol. The van der Waals surface area contributed by atoms with Gasteiger partial charge in [0.25, 0.3) is 11.8 Å². The van der Waals surface area contributed by atoms with E-state index in [1.54, 1.807) is 42.5 Å². The maximum atomic E-state index is 13.1. The third kappa shape index (κ3) is 4.06. The predicted molar refractivity (Wildman–Crippen MR) is 116 cm³/mol. The molecule has 0 saturated carbocycles. The maximum Gasteiger partial charge on any atom is 0.308 e. The molecule has 160 valence electrons. The van der Waals surface area contributed by atoms with Gasteiger partial charge in [-0.25, -0.2) is 4.90 Å². The molecule has 4 rings (SSSR count). The molecule has 1 aliphatic rings. The number of imide groups is 1. The van der Waals surface area contributed by atoms with Gasteiger partial charge in [-0.3, -0.25) is 19.2 Å². The summed E-state index contributed by atoms with van der Waals surface area (Å²) < 4.78 is 11.0. The lowest BCUT2D eigenvalue weighted by molar-refractivity contribution is -0.131. The zero-order valence-electron chi connectivity index (χ0n) is 17.2. The number of benzene rings is 3. The molecule has 0 fully saturated rings. The van der Waals surface area contributed by atoms with Crippen molar-refractivity contribution in [1.82, 2.24) is 0 Å². The summed E-state index contributed by atoms with van der Waals surface area (Å²) in [5, 5.41) is 2.67. The molecule has 3 aromatic rings. The Balaban J connectivity index is 1.63. The highest BCUT2D eigenvalue weighted by molar-refractivity contribution is 6.35. The Kier molecular flexibility index (Phi) is 5.43. The number of para-hydroxylation sites is 2. The molecule has 0 atom stereocenters. The van der Waals surface area contributed by atoms with Crippen LogP contribution in [0.25, 0.3) is 0 Å². The fourth-order valence-electron chi connectivity index (χ4n) is 3.36. The fourth-order valence-corrected chi connectivity index (χ4v) is 3.36. The van der Waals surface area contributed by atoms with E-state index in [1.165, 1.54) is 38.1 Å². The summed E-state index contributed by atoms with van der Waals surface area (Å²) in [7, 11) is 0. The lowest BCUT2D eigenvalue weighted by Crippen LogP contribution is -2.30. The van der Waals surface area contributed by atoms with Gasteiger partial charge in [-0.1, -0.05) is 18.2 Å². The number of fused-ring (bicyclic) bond motifs is 1. The van der Waals surface area contributed by atoms with Gasteiger partial charge in [0.05, 0.1) is 16.8 Å². The fraction of sp³-hybridized carbons (Fsp3) is 0.0833. The number of hydrogen-bond acceptors (Lipinski definition) is 6. The number of ether oxygens (including phenoxy) is 2. The molecule has 32 heavy (non-hydrogen) atoms. The highest BCUT2D eigenvalue weighted by atomic mass is 16.5. The summed E-state index contributed by atoms with van der Waals surface area (Å²) in [6.45, 7) is 2.64. The smallest absolute Gasteiger partial charge is 0.308 e. The van der Waals surface area contributed by atoms with Crippen LogP contribution in [0, 0.1) is 0 Å². The number of hydrogen-bond donors (Lipinski definition) is 1. The Hall–Kier alpha value is -4.46. The number of nitrogens with one attached hydrogen (secondary N) is 1. The van der Waals surface area contributed by atoms with E-state index in [-0.39, 0.29) is 28.5 Å². The van der Waals surface area contributed by atoms with Crippen LogP contribution in [-0.4, -0.2) is 23.7 Å². The maximum absolute atomic E-state index is 13.1. The lowest BCUT2D eigenvalue weighted by Gasteiger charge is -2.17. The molecule has 0 radical (unpaired) electrons. The second-order valence-corrected chi connectivity index (χ2v) is 7.03. The third-order valence-electron chi connectivity index (χ3n) is 4.61. The highest BCUT2D eigenvalue weighted by Gasteiger charge is 2.38. The van der Waals surface area contributed by atoms with Crippen LogP contribution in [0.2, 0.25) is 0 Å². The molecule has 1 aliphatic heterocycles. The second-order valence-electron chi connectivity index (χ2n) is 7.03. The van der Waals surface area contributed by atoms with Crippen molar-refractivity contribution < 1.29 is 28.7 Å². The van der Waals surface area contributed by atoms with E-state index in [4.69, 9.17) is 9.47 Å². The molecule has 0 spiro atoms. The monoisotopic (exact) mass is 430 g/mol. The van der Waals surface area contributed by atoms with Gasteiger partial charge in [-0.05, 0) is 42.5 Å². The topological polar surface area (TPSA) is 102 Å². The van der Waals surface area contributed by atoms with E-state index in [9.17, 15) is 19.2 Å². The minimum atomic E-state index is -0.564. The van der Waals surface area contributed by atoms with Crippen molar-refractivity contribution in [2.24, 2.45) is 0 Å². The van der Waals surface area contributed by atoms with Crippen molar-refractivity contribution in [3.8, 4) is 17.2 Å². The third-order valence-corrected chi connectivity index (χ3v) is 4.61. The number of rotatable bonds is 5. The van der Waals surface area contributed by atoms with Crippen molar-refractivity contribution in [3.05, 3.63) is 77.9 Å². The van der Waals surface area contributed by atoms with Crippen molar-refractivity contribution in [1.29, 1.82) is 0 Å². The molecule has 0 aromatic heterocycles. The highest BCUT2D eigenvalue weighted by Crippen LogP contribution is 2.36. The van der Waals surface area contributed by atoms with Crippen LogP contribution in [0.15, 0.2) is 66.7 Å². The first-order valence-corrected chi connectivity index (χ1v) is 9.69. The average Bonchev–Trinajstić information content (AvgIpc) is 2.98. The van der Waals surface area contributed by atoms with Crippen LogP contribution in [0.5, 0.6) is 17.2 Å². The summed E-state index contributed by atoms with van der Waals surface area (Å²) in [4.78, 5) is 49.7. The zero-order valence-corrected chi connectivity index (χ0v) is 17.2. The SMILES string of the molecule is CC(=O)Nc1cccc(Oc2ccc3c(c2)C(=O)N(c2ccccc2OC(C)=O)C3=O)c1. The van der Waals surface area contributed by atoms with Crippen molar-refractivity contribution >= 4 is 35.1 Å². The van der Waals surface area contributed by atoms with Gasteiger partial charge in [0, 0.05) is 25.6 Å². The molecule has 3 aromatic carbocycles. The summed E-state index contributed by atoms with van der Waals surface area (Å²) in [5.74, 6) is -0.944. The molecule has 8 nitrogen and oxygen atoms in total. The predicted octanol–water partition coefficient (Wildman–Crippen LogP) is 4.16. The summed E-state index contributed by atoms with van der Waals surface area (Å²) in [6, 6.07) is 17.7. The van der Waals surface area contributed by atoms with Crippen LogP contribution in [0.4, 0.5) is 11.4 Å². The molecule has 0 unspecified atom stereocenters. The molecule has 0 aliphatic carbocycles. The molecular formula is C24H18N2O6. The van der Waals surface area contributed by atoms with Gasteiger partial charge < -0.3 is 14.8 Å². The first-order chi connectivity index (χ1) is 15.3. The van der Waals surface area contributed by atoms with Gasteiger partial charge in [0.2, 0.25) is 5.91 Å². The summed E-state index contributed by atoms with van der Waals surface area (Å²) in [6.07, 6.45) is 0. The number of amides is 3. The number of esters is 1. The first-order valence-electron chi connectivity index (χ1n) is 9.69. The van der Waals surface area contributed by atoms with Gasteiger partial charge in [0.1, 0.15) is 11.5 Å². The Morgan fingerprint density at radius 1 is 0.812 bits per heavy atom. The van der Waals surface area contributed by atoms with E-state index < -0.39 is 17.8 Å². The standard InChI is InChI=1S/C24H18N2O6/c1-14(27)25-16-6-5-7-17(12-16)32-18-10-11-19-20(13-18)24(30)26(23(19)29)21-8-3-4-9-22(21)31-15(2)28/h3-13H,1-2H3,(H,25,27). The number of nitrogens with zero attached hydrogens (tertiary/aromatic N) is 1. The van der Waals surface area contributed by atoms with Crippen molar-refractivity contribution in [2.45, 2.75) is 13.8 Å². The van der Waals surface area contributed by atoms with Gasteiger partial charge in [0.15, 0.2) is 5.75 Å². The van der Waals surface area contributed by atoms with Crippen molar-refractivity contribution in [3.63, 3.8) is 0 Å². The largest absolute Gasteiger partial charge is 0.457 e. The van der Waals surface area contributed by atoms with Crippen LogP contribution < -0.4 is 19.7 Å². The molecule has 8 heteroatoms. The minimum absolute atomic E-state index is 0.112. The Morgan fingerprint density at radius 3 is 2.28 bits per heavy atom. The minimum Gasteiger partial charge on any atom is -0.457 e. The molecule has 1 N–H and O–H groups in total. The number of carbonyl (C=O) groups is 4. The van der Waals surface area contributed by atoms with E-state index in [0.29, 0.717) is 17.2 Å². The lowest BCUT2D eigenvalue weighted by atomic mass is 10.1. The van der Waals surface area contributed by atoms with E-state index in [1.807, 2.05) is 0 Å². The Labute approximate surface area is 183 Å². The normalized spacial score (nSPS) is 12.4. The van der Waals surface area contributed by atoms with Gasteiger partial charge in [-0.2, -0.15) is 0 Å². The number of anilines is 2. The quantitative estimate of drug-likeness (QED) is 0.370. The average molecular weight is 430 g/mol. The summed E-state index contributed by atoms with van der Waals surface area (Å²) in [5.41, 5.74) is 1.13. The van der Waals surface area contributed by atoms with Crippen LogP contribution in [0.1, 0.15) is 34.6 Å². The summed E-state index contributed by atoms with van der Waals surface area (Å²) >= 11 is 0. The van der Waals surface area contributed by atoms with Crippen LogP contribution in [0.3, 0.4) is 0 Å². The second kappa shape index (κ2) is 8.35. The van der Waals surface area contributed by atoms with Crippen molar-refractivity contribution in [2.75, 3.05) is 10.2 Å². The molecule has 1 heterocycles. The first kappa shape index (κ1) is 20.8. The Morgan fingerprint density at radius 2 is 1.53 bits per heavy atom. The zero-order chi connectivity index (χ0) is 22.8. The van der Waals surface area contributed by atoms with Gasteiger partial charge in [-0.15, -0.1) is 0 Å².